The maximum absolute atomic E-state index is 12.9. The van der Waals surface area contributed by atoms with Crippen molar-refractivity contribution in [2.24, 2.45) is 28.6 Å². The topological polar surface area (TPSA) is 80.7 Å². The van der Waals surface area contributed by atoms with E-state index in [0.29, 0.717) is 12.8 Å². The summed E-state index contributed by atoms with van der Waals surface area (Å²) in [7, 11) is 0. The normalized spacial score (nSPS) is 45.7. The van der Waals surface area contributed by atoms with Crippen molar-refractivity contribution in [3.63, 3.8) is 0 Å². The van der Waals surface area contributed by atoms with Crippen molar-refractivity contribution < 1.29 is 24.2 Å². The molecule has 4 aliphatic carbocycles. The molecule has 5 nitrogen and oxygen atoms in total. The number of hydrogen-bond acceptors (Lipinski definition) is 5. The lowest BCUT2D eigenvalue weighted by Gasteiger charge is -2.59. The molecule has 29 heavy (non-hydrogen) atoms. The molecule has 0 saturated heterocycles. The number of ether oxygens (including phenoxy) is 1. The van der Waals surface area contributed by atoms with E-state index < -0.39 is 17.1 Å². The van der Waals surface area contributed by atoms with E-state index in [-0.39, 0.29) is 47.1 Å². The molecule has 0 aromatic heterocycles. The number of carbonyl (C=O) groups excluding carboxylic acids is 3. The molecular weight excluding hydrogens is 368 g/mol. The first-order chi connectivity index (χ1) is 13.6. The second kappa shape index (κ2) is 6.63. The average Bonchev–Trinajstić information content (AvgIpc) is 2.94. The fourth-order valence-corrected chi connectivity index (χ4v) is 7.40. The zero-order chi connectivity index (χ0) is 21.2. The maximum Gasteiger partial charge on any atom is 0.306 e. The standard InChI is InChI=1S/C24H32O5/c1-5-20(28)29-24(14(2)25)11-9-18-17-7-6-15-12-16(26)8-10-22(15,3)21(17)19(27)13-23(18,24)4/h8,10,12,17-19,21,27H,5-7,9,11,13H2,1-4H3/t17-,18-,19-,21+,22?,23?,24-/m0/s1. The molecule has 0 aromatic rings. The van der Waals surface area contributed by atoms with E-state index in [1.807, 2.05) is 13.0 Å². The Morgan fingerprint density at radius 2 is 2.00 bits per heavy atom. The summed E-state index contributed by atoms with van der Waals surface area (Å²) in [4.78, 5) is 37.0. The fraction of sp³-hybridized carbons (Fsp3) is 0.708. The van der Waals surface area contributed by atoms with Crippen LogP contribution < -0.4 is 0 Å². The number of fused-ring (bicyclic) bond motifs is 5. The second-order valence-electron chi connectivity index (χ2n) is 9.96. The Labute approximate surface area is 172 Å². The first-order valence-electron chi connectivity index (χ1n) is 10.9. The first kappa shape index (κ1) is 20.5. The van der Waals surface area contributed by atoms with Crippen molar-refractivity contribution >= 4 is 17.5 Å². The molecule has 0 bridgehead atoms. The van der Waals surface area contributed by atoms with Crippen LogP contribution in [0.15, 0.2) is 23.8 Å². The molecule has 0 aliphatic heterocycles. The number of allylic oxidation sites excluding steroid dienone is 4. The summed E-state index contributed by atoms with van der Waals surface area (Å²) in [5.74, 6) is -0.00307. The van der Waals surface area contributed by atoms with Gasteiger partial charge in [-0.15, -0.1) is 0 Å². The Morgan fingerprint density at radius 1 is 1.28 bits per heavy atom. The number of ketones is 2. The molecule has 0 radical (unpaired) electrons. The zero-order valence-electron chi connectivity index (χ0n) is 17.9. The third kappa shape index (κ3) is 2.66. The molecule has 1 N–H and O–H groups in total. The van der Waals surface area contributed by atoms with Crippen molar-refractivity contribution in [2.75, 3.05) is 0 Å². The third-order valence-electron chi connectivity index (χ3n) is 8.76. The smallest absolute Gasteiger partial charge is 0.306 e. The van der Waals surface area contributed by atoms with Crippen LogP contribution in [0.5, 0.6) is 0 Å². The highest BCUT2D eigenvalue weighted by Crippen LogP contribution is 2.67. The van der Waals surface area contributed by atoms with Crippen LogP contribution in [0.2, 0.25) is 0 Å². The predicted molar refractivity (Wildman–Crippen MR) is 108 cm³/mol. The summed E-state index contributed by atoms with van der Waals surface area (Å²) >= 11 is 0. The fourth-order valence-electron chi connectivity index (χ4n) is 7.40. The molecule has 5 heteroatoms. The lowest BCUT2D eigenvalue weighted by molar-refractivity contribution is -0.197. The van der Waals surface area contributed by atoms with Gasteiger partial charge < -0.3 is 9.84 Å². The van der Waals surface area contributed by atoms with Crippen LogP contribution in [0, 0.1) is 28.6 Å². The molecular formula is C24H32O5. The Bertz CT molecular complexity index is 825. The summed E-state index contributed by atoms with van der Waals surface area (Å²) in [5, 5.41) is 11.4. The summed E-state index contributed by atoms with van der Waals surface area (Å²) < 4.78 is 5.89. The molecule has 7 atom stereocenters. The van der Waals surface area contributed by atoms with Crippen molar-refractivity contribution in [3.05, 3.63) is 23.8 Å². The molecule has 4 aliphatic rings. The van der Waals surface area contributed by atoms with Crippen LogP contribution in [0.1, 0.15) is 66.2 Å². The van der Waals surface area contributed by atoms with E-state index >= 15 is 0 Å². The van der Waals surface area contributed by atoms with Gasteiger partial charge in [-0.05, 0) is 63.0 Å². The number of aliphatic hydroxyl groups is 1. The summed E-state index contributed by atoms with van der Waals surface area (Å²) in [6, 6.07) is 0. The van der Waals surface area contributed by atoms with Gasteiger partial charge in [-0.2, -0.15) is 0 Å². The van der Waals surface area contributed by atoms with Crippen molar-refractivity contribution in [3.8, 4) is 0 Å². The molecule has 2 unspecified atom stereocenters. The van der Waals surface area contributed by atoms with Crippen LogP contribution in [0.4, 0.5) is 0 Å². The van der Waals surface area contributed by atoms with Crippen LogP contribution in [0.25, 0.3) is 0 Å². The van der Waals surface area contributed by atoms with Crippen LogP contribution in [-0.2, 0) is 19.1 Å². The van der Waals surface area contributed by atoms with E-state index in [0.717, 1.165) is 24.8 Å². The Kier molecular flexibility index (Phi) is 4.69. The monoisotopic (exact) mass is 400 g/mol. The molecule has 0 aromatic carbocycles. The Hall–Kier alpha value is -1.75. The first-order valence-corrected chi connectivity index (χ1v) is 10.9. The highest BCUT2D eigenvalue weighted by molar-refractivity contribution is 6.01. The van der Waals surface area contributed by atoms with Gasteiger partial charge in [-0.1, -0.05) is 32.4 Å². The van der Waals surface area contributed by atoms with Crippen LogP contribution >= 0.6 is 0 Å². The summed E-state index contributed by atoms with van der Waals surface area (Å²) in [6.45, 7) is 7.44. The number of Topliss-reactive ketones (excluding diaryl/α,β-unsaturated/α-hetero) is 1. The Balaban J connectivity index is 1.75. The van der Waals surface area contributed by atoms with Gasteiger partial charge in [0.2, 0.25) is 0 Å². The molecule has 158 valence electrons. The zero-order valence-corrected chi connectivity index (χ0v) is 17.9. The summed E-state index contributed by atoms with van der Waals surface area (Å²) in [5.41, 5.74) is -0.941. The molecule has 3 fully saturated rings. The SMILES string of the molecule is CCC(=O)O[C@]1(C(C)=O)CC[C@H]2[C@@H]3CCC4=CC(=O)C=CC4(C)[C@H]3[C@@H](O)CC21C. The molecule has 4 rings (SSSR count). The minimum atomic E-state index is -1.15. The van der Waals surface area contributed by atoms with Gasteiger partial charge in [0.25, 0.3) is 0 Å². The van der Waals surface area contributed by atoms with Gasteiger partial charge in [0.1, 0.15) is 0 Å². The van der Waals surface area contributed by atoms with E-state index in [4.69, 9.17) is 4.74 Å². The van der Waals surface area contributed by atoms with Crippen molar-refractivity contribution in [1.82, 2.24) is 0 Å². The van der Waals surface area contributed by atoms with Gasteiger partial charge in [-0.3, -0.25) is 14.4 Å². The number of aliphatic hydroxyl groups excluding tert-OH is 1. The minimum absolute atomic E-state index is 0.00885. The Morgan fingerprint density at radius 3 is 2.66 bits per heavy atom. The van der Waals surface area contributed by atoms with E-state index in [2.05, 4.69) is 6.92 Å². The maximum atomic E-state index is 12.9. The quantitative estimate of drug-likeness (QED) is 0.733. The van der Waals surface area contributed by atoms with Gasteiger partial charge in [0.05, 0.1) is 6.10 Å². The van der Waals surface area contributed by atoms with Crippen LogP contribution in [-0.4, -0.2) is 34.3 Å². The van der Waals surface area contributed by atoms with E-state index in [9.17, 15) is 19.5 Å². The number of rotatable bonds is 3. The molecule has 0 spiro atoms. The van der Waals surface area contributed by atoms with Gasteiger partial charge in [-0.25, -0.2) is 0 Å². The van der Waals surface area contributed by atoms with Gasteiger partial charge in [0, 0.05) is 23.2 Å². The van der Waals surface area contributed by atoms with E-state index in [1.54, 1.807) is 19.1 Å². The van der Waals surface area contributed by atoms with Gasteiger partial charge in [0.15, 0.2) is 17.2 Å². The predicted octanol–water partition coefficient (Wildman–Crippen LogP) is 3.55. The number of esters is 1. The van der Waals surface area contributed by atoms with Gasteiger partial charge >= 0.3 is 5.97 Å². The lowest BCUT2D eigenvalue weighted by atomic mass is 9.46. The second-order valence-corrected chi connectivity index (χ2v) is 9.96. The minimum Gasteiger partial charge on any atom is -0.450 e. The third-order valence-corrected chi connectivity index (χ3v) is 8.76. The molecule has 0 amide bonds. The van der Waals surface area contributed by atoms with Crippen LogP contribution in [0.3, 0.4) is 0 Å². The highest BCUT2D eigenvalue weighted by Gasteiger charge is 2.69. The largest absolute Gasteiger partial charge is 0.450 e. The van der Waals surface area contributed by atoms with Crippen molar-refractivity contribution in [1.29, 1.82) is 0 Å². The highest BCUT2D eigenvalue weighted by atomic mass is 16.6. The lowest BCUT2D eigenvalue weighted by Crippen LogP contribution is -2.62. The van der Waals surface area contributed by atoms with E-state index in [1.165, 1.54) is 6.92 Å². The van der Waals surface area contributed by atoms with Crippen molar-refractivity contribution in [2.45, 2.75) is 77.9 Å². The average molecular weight is 401 g/mol. The molecule has 0 heterocycles. The number of hydrogen-bond donors (Lipinski definition) is 1. The molecule has 3 saturated carbocycles. The summed E-state index contributed by atoms with van der Waals surface area (Å²) in [6.07, 6.45) is 8.46. The number of carbonyl (C=O) groups is 3.